The maximum absolute atomic E-state index is 10.6. The van der Waals surface area contributed by atoms with Gasteiger partial charge < -0.3 is 15.4 Å². The molecule has 2 aromatic rings. The molecule has 1 heterocycles. The number of anilines is 2. The molecule has 0 atom stereocenters. The summed E-state index contributed by atoms with van der Waals surface area (Å²) in [6.45, 7) is 1.19. The van der Waals surface area contributed by atoms with Gasteiger partial charge in [-0.15, -0.1) is 0 Å². The summed E-state index contributed by atoms with van der Waals surface area (Å²) in [5.74, 6) is 1.47. The number of nitrogens with one attached hydrogen (secondary N) is 4. The SMILES string of the molecule is COc1ccc(NC(=S)NCCNc2ccc([N+](=O)[O-])c[nH+]2)cc1. The lowest BCUT2D eigenvalue weighted by molar-refractivity contribution is -0.413. The van der Waals surface area contributed by atoms with Crippen LogP contribution >= 0.6 is 12.2 Å². The van der Waals surface area contributed by atoms with Gasteiger partial charge in [0.15, 0.2) is 11.3 Å². The van der Waals surface area contributed by atoms with Crippen LogP contribution < -0.4 is 25.7 Å². The molecule has 0 amide bonds. The van der Waals surface area contributed by atoms with Gasteiger partial charge in [-0.1, -0.05) is 0 Å². The highest BCUT2D eigenvalue weighted by Gasteiger charge is 2.08. The van der Waals surface area contributed by atoms with E-state index in [-0.39, 0.29) is 5.69 Å². The van der Waals surface area contributed by atoms with Gasteiger partial charge in [0.05, 0.1) is 18.6 Å². The van der Waals surface area contributed by atoms with Crippen molar-refractivity contribution in [3.8, 4) is 5.75 Å². The normalized spacial score (nSPS) is 9.88. The number of pyridine rings is 1. The van der Waals surface area contributed by atoms with Crippen molar-refractivity contribution in [3.63, 3.8) is 0 Å². The molecule has 1 aromatic heterocycles. The molecule has 0 fully saturated rings. The molecule has 0 aliphatic heterocycles. The first-order chi connectivity index (χ1) is 11.6. The van der Waals surface area contributed by atoms with E-state index in [1.807, 2.05) is 24.3 Å². The van der Waals surface area contributed by atoms with Crippen LogP contribution in [-0.2, 0) is 0 Å². The molecule has 2 rings (SSSR count). The summed E-state index contributed by atoms with van der Waals surface area (Å²) in [7, 11) is 1.62. The summed E-state index contributed by atoms with van der Waals surface area (Å²) in [5, 5.41) is 20.3. The number of nitro groups is 1. The number of hydrogen-bond donors (Lipinski definition) is 3. The van der Waals surface area contributed by atoms with Gasteiger partial charge in [-0.25, -0.2) is 4.98 Å². The first-order valence-corrected chi connectivity index (χ1v) is 7.58. The predicted octanol–water partition coefficient (Wildman–Crippen LogP) is 1.82. The van der Waals surface area contributed by atoms with Crippen molar-refractivity contribution >= 4 is 34.5 Å². The Kier molecular flexibility index (Phi) is 6.26. The lowest BCUT2D eigenvalue weighted by Gasteiger charge is -2.10. The minimum Gasteiger partial charge on any atom is -0.497 e. The van der Waals surface area contributed by atoms with Crippen LogP contribution in [0, 0.1) is 10.1 Å². The number of aromatic nitrogens is 1. The fraction of sp³-hybridized carbons (Fsp3) is 0.200. The molecule has 0 unspecified atom stereocenters. The summed E-state index contributed by atoms with van der Waals surface area (Å²) in [6, 6.07) is 10.5. The second kappa shape index (κ2) is 8.63. The zero-order chi connectivity index (χ0) is 17.4. The second-order valence-electron chi connectivity index (χ2n) is 4.75. The second-order valence-corrected chi connectivity index (χ2v) is 5.16. The van der Waals surface area contributed by atoms with Gasteiger partial charge in [-0.2, -0.15) is 0 Å². The number of H-pyrrole nitrogens is 1. The monoisotopic (exact) mass is 348 g/mol. The van der Waals surface area contributed by atoms with Crippen LogP contribution in [0.3, 0.4) is 0 Å². The Labute approximate surface area is 144 Å². The lowest BCUT2D eigenvalue weighted by Crippen LogP contribution is -2.33. The zero-order valence-electron chi connectivity index (χ0n) is 13.0. The highest BCUT2D eigenvalue weighted by atomic mass is 32.1. The van der Waals surface area contributed by atoms with E-state index in [1.165, 1.54) is 12.3 Å². The molecule has 0 bridgehead atoms. The van der Waals surface area contributed by atoms with Crippen LogP contribution in [0.1, 0.15) is 0 Å². The standard InChI is InChI=1S/C15H17N5O3S/c1-23-13-5-2-11(3-6-13)19-15(24)17-9-8-16-14-7-4-12(10-18-14)20(21)22/h2-7,10H,8-9H2,1H3,(H,16,18)(H2,17,19,24)/p+1. The molecule has 24 heavy (non-hydrogen) atoms. The van der Waals surface area contributed by atoms with Gasteiger partial charge >= 0.3 is 5.69 Å². The predicted molar refractivity (Wildman–Crippen MR) is 95.4 cm³/mol. The minimum absolute atomic E-state index is 0.0172. The van der Waals surface area contributed by atoms with Crippen molar-refractivity contribution in [2.75, 3.05) is 30.8 Å². The van der Waals surface area contributed by atoms with Gasteiger partial charge in [-0.3, -0.25) is 15.4 Å². The molecule has 8 nitrogen and oxygen atoms in total. The van der Waals surface area contributed by atoms with Crippen molar-refractivity contribution in [1.29, 1.82) is 0 Å². The first kappa shape index (κ1) is 17.4. The first-order valence-electron chi connectivity index (χ1n) is 7.17. The maximum atomic E-state index is 10.6. The van der Waals surface area contributed by atoms with Gasteiger partial charge in [0.25, 0.3) is 5.82 Å². The van der Waals surface area contributed by atoms with E-state index in [1.54, 1.807) is 13.2 Å². The molecule has 0 aliphatic rings. The van der Waals surface area contributed by atoms with Crippen LogP contribution in [-0.4, -0.2) is 30.2 Å². The molecule has 1 aromatic carbocycles. The number of nitrogens with zero attached hydrogens (tertiary/aromatic N) is 1. The van der Waals surface area contributed by atoms with E-state index in [0.29, 0.717) is 24.0 Å². The zero-order valence-corrected chi connectivity index (χ0v) is 13.9. The highest BCUT2D eigenvalue weighted by molar-refractivity contribution is 7.80. The topological polar surface area (TPSA) is 103 Å². The molecule has 4 N–H and O–H groups in total. The van der Waals surface area contributed by atoms with Gasteiger partial charge in [0, 0.05) is 17.8 Å². The Hall–Kier alpha value is -2.94. The van der Waals surface area contributed by atoms with Crippen LogP contribution in [0.5, 0.6) is 5.75 Å². The molecule has 9 heteroatoms. The third-order valence-corrected chi connectivity index (χ3v) is 3.33. The average molecular weight is 348 g/mol. The third kappa shape index (κ3) is 5.36. The maximum Gasteiger partial charge on any atom is 0.308 e. The number of rotatable bonds is 7. The van der Waals surface area contributed by atoms with Gasteiger partial charge in [-0.05, 0) is 36.5 Å². The van der Waals surface area contributed by atoms with E-state index in [0.717, 1.165) is 11.4 Å². The number of benzene rings is 1. The molecule has 0 radical (unpaired) electrons. The molecule has 0 aliphatic carbocycles. The van der Waals surface area contributed by atoms with Crippen molar-refractivity contribution < 1.29 is 14.6 Å². The van der Waals surface area contributed by atoms with Crippen LogP contribution in [0.25, 0.3) is 0 Å². The average Bonchev–Trinajstić information content (AvgIpc) is 2.60. The van der Waals surface area contributed by atoms with Gasteiger partial charge in [0.1, 0.15) is 12.3 Å². The molecule has 0 spiro atoms. The smallest absolute Gasteiger partial charge is 0.308 e. The Balaban J connectivity index is 1.69. The third-order valence-electron chi connectivity index (χ3n) is 3.08. The summed E-state index contributed by atoms with van der Waals surface area (Å²) < 4.78 is 5.09. The Bertz CT molecular complexity index is 691. The summed E-state index contributed by atoms with van der Waals surface area (Å²) >= 11 is 5.21. The van der Waals surface area contributed by atoms with E-state index in [4.69, 9.17) is 17.0 Å². The van der Waals surface area contributed by atoms with Gasteiger partial charge in [0.2, 0.25) is 0 Å². The summed E-state index contributed by atoms with van der Waals surface area (Å²) in [5.41, 5.74) is 0.883. The minimum atomic E-state index is -0.453. The molecule has 0 saturated carbocycles. The molecule has 0 saturated heterocycles. The van der Waals surface area contributed by atoms with E-state index in [9.17, 15) is 10.1 Å². The van der Waals surface area contributed by atoms with Crippen LogP contribution in [0.15, 0.2) is 42.6 Å². The van der Waals surface area contributed by atoms with Crippen molar-refractivity contribution in [2.45, 2.75) is 0 Å². The highest BCUT2D eigenvalue weighted by Crippen LogP contribution is 2.14. The largest absolute Gasteiger partial charge is 0.497 e. The molecular weight excluding hydrogens is 330 g/mol. The summed E-state index contributed by atoms with van der Waals surface area (Å²) in [4.78, 5) is 12.9. The van der Waals surface area contributed by atoms with Crippen molar-refractivity contribution in [1.82, 2.24) is 5.32 Å². The van der Waals surface area contributed by atoms with E-state index in [2.05, 4.69) is 20.9 Å². The molecule has 126 valence electrons. The van der Waals surface area contributed by atoms with Crippen molar-refractivity contribution in [2.24, 2.45) is 0 Å². The Morgan fingerprint density at radius 3 is 2.58 bits per heavy atom. The number of methoxy groups -OCH3 is 1. The van der Waals surface area contributed by atoms with Crippen molar-refractivity contribution in [3.05, 3.63) is 52.7 Å². The quantitative estimate of drug-likeness (QED) is 0.303. The summed E-state index contributed by atoms with van der Waals surface area (Å²) in [6.07, 6.45) is 1.34. The van der Waals surface area contributed by atoms with Crippen LogP contribution in [0.4, 0.5) is 17.2 Å². The Morgan fingerprint density at radius 2 is 2.00 bits per heavy atom. The fourth-order valence-electron chi connectivity index (χ4n) is 1.86. The van der Waals surface area contributed by atoms with E-state index < -0.39 is 4.92 Å². The Morgan fingerprint density at radius 1 is 1.25 bits per heavy atom. The number of ether oxygens (including phenoxy) is 1. The number of hydrogen-bond acceptors (Lipinski definition) is 5. The number of aromatic amines is 1. The number of thiocarbonyl (C=S) groups is 1. The lowest BCUT2D eigenvalue weighted by atomic mass is 10.3. The molecular formula is C15H18N5O3S+. The van der Waals surface area contributed by atoms with E-state index >= 15 is 0 Å². The van der Waals surface area contributed by atoms with Crippen LogP contribution in [0.2, 0.25) is 0 Å². The fourth-order valence-corrected chi connectivity index (χ4v) is 2.08.